The van der Waals surface area contributed by atoms with Crippen molar-refractivity contribution < 1.29 is 0 Å². The zero-order chi connectivity index (χ0) is 20.5. The Kier molecular flexibility index (Phi) is 7.61. The maximum absolute atomic E-state index is 3.26. The van der Waals surface area contributed by atoms with Crippen LogP contribution in [0.1, 0.15) is 5.56 Å². The Bertz CT molecular complexity index is 973. The van der Waals surface area contributed by atoms with Crippen molar-refractivity contribution >= 4 is 34.0 Å². The highest BCUT2D eigenvalue weighted by Crippen LogP contribution is 2.32. The van der Waals surface area contributed by atoms with Gasteiger partial charge in [0.25, 0.3) is 0 Å². The van der Waals surface area contributed by atoms with Crippen LogP contribution in [0.4, 0.5) is 11.4 Å². The molecule has 29 heavy (non-hydrogen) atoms. The number of rotatable bonds is 2. The van der Waals surface area contributed by atoms with E-state index in [0.717, 1.165) is 11.6 Å². The van der Waals surface area contributed by atoms with Gasteiger partial charge < -0.3 is 15.7 Å². The van der Waals surface area contributed by atoms with Crippen LogP contribution in [0.25, 0.3) is 10.9 Å². The van der Waals surface area contributed by atoms with Crippen LogP contribution in [0.5, 0.6) is 0 Å². The Hall–Kier alpha value is -2.89. The molecule has 5 heteroatoms. The molecule has 0 bridgehead atoms. The van der Waals surface area contributed by atoms with Crippen molar-refractivity contribution in [2.45, 2.75) is 11.8 Å². The summed E-state index contributed by atoms with van der Waals surface area (Å²) in [6, 6.07) is 26.9. The van der Waals surface area contributed by atoms with E-state index in [-0.39, 0.29) is 0 Å². The Balaban J connectivity index is 0.000000125. The maximum atomic E-state index is 3.26. The van der Waals surface area contributed by atoms with Crippen molar-refractivity contribution in [3.8, 4) is 0 Å². The largest absolute Gasteiger partial charge is 0.375 e. The average Bonchev–Trinajstić information content (AvgIpc) is 3.39. The number of H-pyrrole nitrogens is 1. The van der Waals surface area contributed by atoms with Crippen molar-refractivity contribution in [3.63, 3.8) is 0 Å². The molecule has 0 fully saturated rings. The quantitative estimate of drug-likeness (QED) is 0.347. The first-order valence-corrected chi connectivity index (χ1v) is 10.6. The number of aromatic nitrogens is 1. The minimum atomic E-state index is 1.03. The van der Waals surface area contributed by atoms with Crippen LogP contribution < -0.4 is 10.7 Å². The molecule has 3 aromatic carbocycles. The Morgan fingerprint density at radius 2 is 1.59 bits per heavy atom. The minimum Gasteiger partial charge on any atom is -0.375 e. The fraction of sp³-hybridized carbons (Fsp3) is 0.167. The molecular weight excluding hydrogens is 376 g/mol. The van der Waals surface area contributed by atoms with Gasteiger partial charge in [0.2, 0.25) is 0 Å². The summed E-state index contributed by atoms with van der Waals surface area (Å²) in [5.74, 6) is 1.03. The number of thioether (sulfide) groups is 1. The zero-order valence-electron chi connectivity index (χ0n) is 17.1. The summed E-state index contributed by atoms with van der Waals surface area (Å²) in [5, 5.41) is 6.47. The van der Waals surface area contributed by atoms with E-state index in [4.69, 9.17) is 0 Å². The monoisotopic (exact) mass is 404 g/mol. The van der Waals surface area contributed by atoms with Crippen molar-refractivity contribution in [1.82, 2.24) is 9.99 Å². The van der Waals surface area contributed by atoms with Crippen LogP contribution in [0.15, 0.2) is 90.0 Å². The number of nitrogens with zero attached hydrogens (tertiary/aromatic N) is 1. The fourth-order valence-electron chi connectivity index (χ4n) is 2.86. The molecule has 0 unspecified atom stereocenters. The number of nitrogens with one attached hydrogen (secondary N) is 3. The molecule has 5 rings (SSSR count). The molecule has 1 aromatic heterocycles. The van der Waals surface area contributed by atoms with Gasteiger partial charge in [0.15, 0.2) is 0 Å². The molecule has 4 nitrogen and oxygen atoms in total. The summed E-state index contributed by atoms with van der Waals surface area (Å²) in [7, 11) is 3.96. The SMILES string of the molecule is Cc1ccccc1NN(C)C.c1ccc2[nH]ccc2c1.c1ccc2c(c1)NCS2. The average molecular weight is 405 g/mol. The number of para-hydroxylation sites is 3. The number of aryl methyl sites for hydroxylation is 1. The van der Waals surface area contributed by atoms with Gasteiger partial charge in [0.05, 0.1) is 11.6 Å². The van der Waals surface area contributed by atoms with Gasteiger partial charge in [-0.3, -0.25) is 0 Å². The molecule has 150 valence electrons. The molecule has 0 aliphatic carbocycles. The second-order valence-corrected chi connectivity index (χ2v) is 7.86. The van der Waals surface area contributed by atoms with Gasteiger partial charge in [-0.05, 0) is 48.2 Å². The molecule has 1 aliphatic rings. The van der Waals surface area contributed by atoms with E-state index in [1.165, 1.54) is 27.0 Å². The van der Waals surface area contributed by atoms with Gasteiger partial charge in [-0.15, -0.1) is 11.8 Å². The third kappa shape index (κ3) is 6.31. The predicted octanol–water partition coefficient (Wildman–Crippen LogP) is 6.21. The number of aromatic amines is 1. The third-order valence-electron chi connectivity index (χ3n) is 4.33. The summed E-state index contributed by atoms with van der Waals surface area (Å²) in [6.45, 7) is 2.09. The highest BCUT2D eigenvalue weighted by atomic mass is 32.2. The molecule has 0 spiro atoms. The molecule has 4 aromatic rings. The molecule has 0 radical (unpaired) electrons. The second kappa shape index (κ2) is 10.6. The normalized spacial score (nSPS) is 11.6. The standard InChI is InChI=1S/C9H14N2.C8H7N.C7H7NS/c1-8-6-4-5-7-9(8)10-11(2)3;1-2-4-8-7(3-1)5-6-9-8;1-2-4-7-6(3-1)8-5-9-7/h4-7,10H,1-3H3;1-6,9H;1-4,8H,5H2. The van der Waals surface area contributed by atoms with Crippen molar-refractivity contribution in [2.75, 3.05) is 30.7 Å². The van der Waals surface area contributed by atoms with Gasteiger partial charge in [-0.25, -0.2) is 5.01 Å². The smallest absolute Gasteiger partial charge is 0.0658 e. The Morgan fingerprint density at radius 3 is 2.34 bits per heavy atom. The van der Waals surface area contributed by atoms with E-state index in [2.05, 4.69) is 77.2 Å². The Morgan fingerprint density at radius 1 is 0.862 bits per heavy atom. The van der Waals surface area contributed by atoms with Crippen molar-refractivity contribution in [1.29, 1.82) is 0 Å². The highest BCUT2D eigenvalue weighted by molar-refractivity contribution is 7.99. The lowest BCUT2D eigenvalue weighted by Gasteiger charge is -2.14. The molecule has 0 saturated heterocycles. The number of anilines is 2. The second-order valence-electron chi connectivity index (χ2n) is 6.85. The van der Waals surface area contributed by atoms with Gasteiger partial charge in [-0.2, -0.15) is 0 Å². The lowest BCUT2D eigenvalue weighted by molar-refractivity contribution is 0.495. The molecule has 1 aliphatic heterocycles. The van der Waals surface area contributed by atoms with Gasteiger partial charge in [0.1, 0.15) is 0 Å². The molecule has 0 amide bonds. The molecule has 2 heterocycles. The fourth-order valence-corrected chi connectivity index (χ4v) is 3.72. The molecule has 3 N–H and O–H groups in total. The van der Waals surface area contributed by atoms with Crippen LogP contribution in [-0.4, -0.2) is 30.0 Å². The zero-order valence-corrected chi connectivity index (χ0v) is 18.0. The minimum absolute atomic E-state index is 1.03. The summed E-state index contributed by atoms with van der Waals surface area (Å²) < 4.78 is 0. The summed E-state index contributed by atoms with van der Waals surface area (Å²) in [5.41, 5.74) is 8.12. The predicted molar refractivity (Wildman–Crippen MR) is 128 cm³/mol. The van der Waals surface area contributed by atoms with Gasteiger partial charge in [-0.1, -0.05) is 48.5 Å². The van der Waals surface area contributed by atoms with Gasteiger partial charge >= 0.3 is 0 Å². The molecule has 0 atom stereocenters. The van der Waals surface area contributed by atoms with E-state index in [1.807, 2.05) is 61.3 Å². The van der Waals surface area contributed by atoms with Crippen LogP contribution in [0.3, 0.4) is 0 Å². The Labute approximate surface area is 177 Å². The lowest BCUT2D eigenvalue weighted by atomic mass is 10.2. The van der Waals surface area contributed by atoms with E-state index in [9.17, 15) is 0 Å². The molecular formula is C24H28N4S. The van der Waals surface area contributed by atoms with Crippen LogP contribution in [-0.2, 0) is 0 Å². The van der Waals surface area contributed by atoms with E-state index < -0.39 is 0 Å². The van der Waals surface area contributed by atoms with Gasteiger partial charge in [0, 0.05) is 36.4 Å². The number of benzene rings is 3. The van der Waals surface area contributed by atoms with E-state index in [1.54, 1.807) is 0 Å². The summed E-state index contributed by atoms with van der Waals surface area (Å²) in [4.78, 5) is 4.49. The summed E-state index contributed by atoms with van der Waals surface area (Å²) >= 11 is 1.86. The third-order valence-corrected chi connectivity index (χ3v) is 5.28. The van der Waals surface area contributed by atoms with Crippen molar-refractivity contribution in [2.24, 2.45) is 0 Å². The molecule has 0 saturated carbocycles. The number of hydrazine groups is 1. The number of fused-ring (bicyclic) bond motifs is 2. The first kappa shape index (κ1) is 20.8. The van der Waals surface area contributed by atoms with E-state index >= 15 is 0 Å². The number of hydrogen-bond donors (Lipinski definition) is 3. The lowest BCUT2D eigenvalue weighted by Crippen LogP contribution is -2.19. The van der Waals surface area contributed by atoms with E-state index in [0.29, 0.717) is 0 Å². The summed E-state index contributed by atoms with van der Waals surface area (Å²) in [6.07, 6.45) is 1.95. The van der Waals surface area contributed by atoms with Crippen LogP contribution in [0.2, 0.25) is 0 Å². The van der Waals surface area contributed by atoms with Crippen LogP contribution in [0, 0.1) is 6.92 Å². The van der Waals surface area contributed by atoms with Crippen molar-refractivity contribution in [3.05, 3.63) is 90.6 Å². The number of hydrogen-bond acceptors (Lipinski definition) is 4. The first-order chi connectivity index (χ1) is 14.1. The highest BCUT2D eigenvalue weighted by Gasteiger charge is 2.06. The maximum Gasteiger partial charge on any atom is 0.0658 e. The van der Waals surface area contributed by atoms with Crippen LogP contribution >= 0.6 is 11.8 Å². The first-order valence-electron chi connectivity index (χ1n) is 9.61. The topological polar surface area (TPSA) is 43.1 Å².